The lowest BCUT2D eigenvalue weighted by atomic mass is 10.2. The summed E-state index contributed by atoms with van der Waals surface area (Å²) < 4.78 is 23.0. The van der Waals surface area contributed by atoms with Crippen molar-refractivity contribution in [2.24, 2.45) is 0 Å². The van der Waals surface area contributed by atoms with Crippen LogP contribution in [0.3, 0.4) is 0 Å². The number of hydrogen-bond acceptors (Lipinski definition) is 4. The lowest BCUT2D eigenvalue weighted by Gasteiger charge is -2.06. The molecule has 0 saturated heterocycles. The third-order valence-corrected chi connectivity index (χ3v) is 3.11. The minimum Gasteiger partial charge on any atom is -0.238 e. The van der Waals surface area contributed by atoms with Gasteiger partial charge in [-0.2, -0.15) is 0 Å². The molecule has 4 nitrogen and oxygen atoms in total. The van der Waals surface area contributed by atoms with Gasteiger partial charge in [0.25, 0.3) is 0 Å². The fraction of sp³-hybridized carbons (Fsp3) is 0.400. The monoisotopic (exact) mass is 226 g/mol. The maximum atomic E-state index is 11.5. The predicted molar refractivity (Wildman–Crippen MR) is 58.2 cm³/mol. The zero-order valence-corrected chi connectivity index (χ0v) is 9.87. The SMILES string of the molecule is C=CS(=O)(=O)c1cc(C)nc(C(C)C)n1. The van der Waals surface area contributed by atoms with Crippen molar-refractivity contribution in [1.29, 1.82) is 0 Å². The van der Waals surface area contributed by atoms with Crippen LogP contribution in [0.15, 0.2) is 23.1 Å². The summed E-state index contributed by atoms with van der Waals surface area (Å²) >= 11 is 0. The molecular weight excluding hydrogens is 212 g/mol. The molecule has 0 atom stereocenters. The predicted octanol–water partition coefficient (Wildman–Crippen LogP) is 1.83. The molecule has 0 aliphatic rings. The van der Waals surface area contributed by atoms with Crippen LogP contribution in [-0.4, -0.2) is 18.4 Å². The standard InChI is InChI=1S/C10H14N2O2S/c1-5-15(13,14)9-6-8(4)11-10(12-9)7(2)3/h5-7H,1H2,2-4H3. The van der Waals surface area contributed by atoms with Crippen LogP contribution < -0.4 is 0 Å². The first-order valence-corrected chi connectivity index (χ1v) is 6.14. The van der Waals surface area contributed by atoms with Crippen LogP contribution in [0.25, 0.3) is 0 Å². The van der Waals surface area contributed by atoms with Crippen molar-refractivity contribution in [3.05, 3.63) is 29.6 Å². The Morgan fingerprint density at radius 2 is 2.00 bits per heavy atom. The van der Waals surface area contributed by atoms with Crippen LogP contribution in [0, 0.1) is 6.92 Å². The first-order valence-electron chi connectivity index (χ1n) is 4.60. The van der Waals surface area contributed by atoms with Crippen molar-refractivity contribution < 1.29 is 8.42 Å². The zero-order valence-electron chi connectivity index (χ0n) is 9.06. The Bertz CT molecular complexity index is 478. The topological polar surface area (TPSA) is 59.9 Å². The van der Waals surface area contributed by atoms with Crippen LogP contribution in [0.4, 0.5) is 0 Å². The summed E-state index contributed by atoms with van der Waals surface area (Å²) in [6.07, 6.45) is 0. The Balaban J connectivity index is 3.39. The van der Waals surface area contributed by atoms with Gasteiger partial charge in [0.05, 0.1) is 0 Å². The van der Waals surface area contributed by atoms with E-state index >= 15 is 0 Å². The normalized spacial score (nSPS) is 11.7. The molecular formula is C10H14N2O2S. The van der Waals surface area contributed by atoms with E-state index in [0.717, 1.165) is 5.41 Å². The van der Waals surface area contributed by atoms with E-state index in [4.69, 9.17) is 0 Å². The lowest BCUT2D eigenvalue weighted by Crippen LogP contribution is -2.06. The maximum absolute atomic E-state index is 11.5. The Hall–Kier alpha value is -1.23. The summed E-state index contributed by atoms with van der Waals surface area (Å²) in [4.78, 5) is 8.18. The molecule has 1 heterocycles. The molecule has 0 amide bonds. The highest BCUT2D eigenvalue weighted by atomic mass is 32.2. The molecule has 5 heteroatoms. The van der Waals surface area contributed by atoms with E-state index in [1.54, 1.807) is 6.92 Å². The van der Waals surface area contributed by atoms with Gasteiger partial charge >= 0.3 is 0 Å². The van der Waals surface area contributed by atoms with Gasteiger partial charge in [-0.1, -0.05) is 20.4 Å². The molecule has 0 radical (unpaired) electrons. The Morgan fingerprint density at radius 1 is 1.40 bits per heavy atom. The fourth-order valence-electron chi connectivity index (χ4n) is 1.05. The molecule has 0 N–H and O–H groups in total. The summed E-state index contributed by atoms with van der Waals surface area (Å²) in [5.41, 5.74) is 0.647. The molecule has 0 spiro atoms. The molecule has 0 bridgehead atoms. The largest absolute Gasteiger partial charge is 0.238 e. The highest BCUT2D eigenvalue weighted by molar-refractivity contribution is 7.94. The van der Waals surface area contributed by atoms with Gasteiger partial charge in [0.1, 0.15) is 5.82 Å². The van der Waals surface area contributed by atoms with Crippen molar-refractivity contribution >= 4 is 9.84 Å². The van der Waals surface area contributed by atoms with Crippen LogP contribution in [0.2, 0.25) is 0 Å². The lowest BCUT2D eigenvalue weighted by molar-refractivity contribution is 0.598. The molecule has 1 aromatic rings. The second-order valence-corrected chi connectivity index (χ2v) is 5.41. The van der Waals surface area contributed by atoms with E-state index < -0.39 is 9.84 Å². The zero-order chi connectivity index (χ0) is 11.6. The Kier molecular flexibility index (Phi) is 3.24. The van der Waals surface area contributed by atoms with Crippen molar-refractivity contribution in [2.45, 2.75) is 31.7 Å². The number of rotatable bonds is 3. The third kappa shape index (κ3) is 2.62. The number of sulfone groups is 1. The van der Waals surface area contributed by atoms with Crippen molar-refractivity contribution in [3.8, 4) is 0 Å². The summed E-state index contributed by atoms with van der Waals surface area (Å²) in [7, 11) is -3.46. The van der Waals surface area contributed by atoms with E-state index in [-0.39, 0.29) is 10.9 Å². The number of nitrogens with zero attached hydrogens (tertiary/aromatic N) is 2. The van der Waals surface area contributed by atoms with E-state index in [0.29, 0.717) is 11.5 Å². The van der Waals surface area contributed by atoms with Crippen LogP contribution in [0.5, 0.6) is 0 Å². The van der Waals surface area contributed by atoms with Crippen LogP contribution >= 0.6 is 0 Å². The van der Waals surface area contributed by atoms with Gasteiger partial charge < -0.3 is 0 Å². The minimum absolute atomic E-state index is 0.0219. The van der Waals surface area contributed by atoms with E-state index in [1.807, 2.05) is 13.8 Å². The molecule has 1 aromatic heterocycles. The first-order chi connectivity index (χ1) is 6.86. The highest BCUT2D eigenvalue weighted by Gasteiger charge is 2.15. The van der Waals surface area contributed by atoms with Gasteiger partial charge in [0.15, 0.2) is 5.03 Å². The molecule has 82 valence electrons. The molecule has 0 aliphatic carbocycles. The number of aryl methyl sites for hydroxylation is 1. The average molecular weight is 226 g/mol. The van der Waals surface area contributed by atoms with Gasteiger partial charge in [-0.05, 0) is 13.0 Å². The number of hydrogen-bond donors (Lipinski definition) is 0. The van der Waals surface area contributed by atoms with E-state index in [1.165, 1.54) is 6.07 Å². The van der Waals surface area contributed by atoms with Gasteiger partial charge in [-0.25, -0.2) is 18.4 Å². The van der Waals surface area contributed by atoms with Crippen molar-refractivity contribution in [2.75, 3.05) is 0 Å². The molecule has 0 saturated carbocycles. The summed E-state index contributed by atoms with van der Waals surface area (Å²) in [5, 5.41) is 0.924. The first kappa shape index (κ1) is 11.8. The third-order valence-electron chi connectivity index (χ3n) is 1.88. The van der Waals surface area contributed by atoms with Gasteiger partial charge in [0, 0.05) is 17.0 Å². The summed E-state index contributed by atoms with van der Waals surface area (Å²) in [6, 6.07) is 1.45. The minimum atomic E-state index is -3.46. The van der Waals surface area contributed by atoms with Crippen molar-refractivity contribution in [3.63, 3.8) is 0 Å². The molecule has 1 rings (SSSR count). The van der Waals surface area contributed by atoms with E-state index in [2.05, 4.69) is 16.5 Å². The molecule has 0 unspecified atom stereocenters. The smallest absolute Gasteiger partial charge is 0.216 e. The molecule has 0 fully saturated rings. The van der Waals surface area contributed by atoms with Crippen LogP contribution in [-0.2, 0) is 9.84 Å². The highest BCUT2D eigenvalue weighted by Crippen LogP contribution is 2.15. The Morgan fingerprint density at radius 3 is 2.47 bits per heavy atom. The van der Waals surface area contributed by atoms with Gasteiger partial charge in [0.2, 0.25) is 9.84 Å². The maximum Gasteiger partial charge on any atom is 0.216 e. The molecule has 0 aromatic carbocycles. The second kappa shape index (κ2) is 4.10. The second-order valence-electron chi connectivity index (χ2n) is 3.57. The number of aromatic nitrogens is 2. The summed E-state index contributed by atoms with van der Waals surface area (Å²) in [6.45, 7) is 8.84. The fourth-order valence-corrected chi connectivity index (χ4v) is 1.78. The van der Waals surface area contributed by atoms with Crippen LogP contribution in [0.1, 0.15) is 31.3 Å². The van der Waals surface area contributed by atoms with Gasteiger partial charge in [-0.15, -0.1) is 0 Å². The molecule has 15 heavy (non-hydrogen) atoms. The quantitative estimate of drug-likeness (QED) is 0.738. The van der Waals surface area contributed by atoms with Gasteiger partial charge in [-0.3, -0.25) is 0 Å². The summed E-state index contributed by atoms with van der Waals surface area (Å²) in [5.74, 6) is 0.638. The average Bonchev–Trinajstić information content (AvgIpc) is 2.16. The van der Waals surface area contributed by atoms with Crippen molar-refractivity contribution in [1.82, 2.24) is 9.97 Å². The Labute approximate surface area is 90.0 Å². The molecule has 0 aliphatic heterocycles. The van der Waals surface area contributed by atoms with E-state index in [9.17, 15) is 8.42 Å².